The normalized spacial score (nSPS) is 11.7. The van der Waals surface area contributed by atoms with Crippen molar-refractivity contribution in [2.24, 2.45) is 0 Å². The fourth-order valence-electron chi connectivity index (χ4n) is 3.73. The zero-order chi connectivity index (χ0) is 28.9. The number of nitrogens with zero attached hydrogens (tertiary/aromatic N) is 3. The summed E-state index contributed by atoms with van der Waals surface area (Å²) in [4.78, 5) is 44.3. The quantitative estimate of drug-likeness (QED) is 0.378. The number of ether oxygens (including phenoxy) is 2. The molecule has 0 saturated heterocycles. The average Bonchev–Trinajstić information content (AvgIpc) is 2.89. The van der Waals surface area contributed by atoms with Crippen molar-refractivity contribution in [2.75, 3.05) is 27.2 Å². The van der Waals surface area contributed by atoms with E-state index in [4.69, 9.17) is 9.47 Å². The van der Waals surface area contributed by atoms with Crippen molar-refractivity contribution in [2.45, 2.75) is 33.5 Å². The predicted octanol–water partition coefficient (Wildman–Crippen LogP) is 3.69. The molecular weight excluding hydrogens is 578 g/mol. The zero-order valence-corrected chi connectivity index (χ0v) is 23.8. The second-order valence-electron chi connectivity index (χ2n) is 8.83. The van der Waals surface area contributed by atoms with E-state index >= 15 is 0 Å². The van der Waals surface area contributed by atoms with Crippen LogP contribution in [-0.4, -0.2) is 59.6 Å². The summed E-state index contributed by atoms with van der Waals surface area (Å²) in [5.41, 5.74) is 0.964. The van der Waals surface area contributed by atoms with Gasteiger partial charge in [-0.2, -0.15) is 4.98 Å². The predicted molar refractivity (Wildman–Crippen MR) is 144 cm³/mol. The Bertz CT molecular complexity index is 1440. The lowest BCUT2D eigenvalue weighted by molar-refractivity contribution is -0.140. The number of aryl methyl sites for hydroxylation is 2. The number of hydrogen-bond acceptors (Lipinski definition) is 6. The van der Waals surface area contributed by atoms with Gasteiger partial charge in [0.1, 0.15) is 28.5 Å². The highest BCUT2D eigenvalue weighted by atomic mass is 79.9. The second kappa shape index (κ2) is 12.9. The summed E-state index contributed by atoms with van der Waals surface area (Å²) in [5, 5.41) is 2.71. The first kappa shape index (κ1) is 29.9. The van der Waals surface area contributed by atoms with E-state index < -0.39 is 29.2 Å². The Kier molecular flexibility index (Phi) is 9.92. The molecule has 9 nitrogen and oxygen atoms in total. The minimum atomic E-state index is -0.834. The Hall–Kier alpha value is -3.64. The number of benzene rings is 2. The first-order valence-electron chi connectivity index (χ1n) is 12.0. The van der Waals surface area contributed by atoms with Gasteiger partial charge in [-0.15, -0.1) is 0 Å². The molecule has 39 heavy (non-hydrogen) atoms. The molecule has 0 bridgehead atoms. The van der Waals surface area contributed by atoms with Gasteiger partial charge in [0.05, 0.1) is 12.2 Å². The van der Waals surface area contributed by atoms with E-state index in [2.05, 4.69) is 26.2 Å². The molecule has 1 aromatic heterocycles. The van der Waals surface area contributed by atoms with Crippen LogP contribution >= 0.6 is 15.9 Å². The molecule has 0 aliphatic carbocycles. The number of rotatable bonds is 10. The number of hydrogen-bond donors (Lipinski definition) is 1. The second-order valence-corrected chi connectivity index (χ2v) is 9.62. The van der Waals surface area contributed by atoms with Gasteiger partial charge >= 0.3 is 0 Å². The SMILES string of the molecule is CCOC(CNC(=O)c1ccc(C)c(-n2c(C)nc(OCc3ccc(F)cc3F)c(Br)c2=O)c1)C(=O)N(C)C. The largest absolute Gasteiger partial charge is 0.472 e. The molecule has 1 heterocycles. The van der Waals surface area contributed by atoms with Crippen LogP contribution in [0.3, 0.4) is 0 Å². The molecule has 0 radical (unpaired) electrons. The maximum absolute atomic E-state index is 14.0. The number of carbonyl (C=O) groups excluding carboxylic acids is 2. The van der Waals surface area contributed by atoms with Crippen LogP contribution in [0, 0.1) is 25.5 Å². The molecule has 0 aliphatic rings. The van der Waals surface area contributed by atoms with Crippen LogP contribution in [0.4, 0.5) is 8.78 Å². The van der Waals surface area contributed by atoms with Crippen LogP contribution < -0.4 is 15.6 Å². The van der Waals surface area contributed by atoms with Gasteiger partial charge in [-0.1, -0.05) is 6.07 Å². The summed E-state index contributed by atoms with van der Waals surface area (Å²) in [6, 6.07) is 7.94. The molecule has 3 rings (SSSR count). The van der Waals surface area contributed by atoms with E-state index in [9.17, 15) is 23.2 Å². The van der Waals surface area contributed by atoms with Crippen molar-refractivity contribution in [1.82, 2.24) is 19.8 Å². The van der Waals surface area contributed by atoms with Gasteiger partial charge < -0.3 is 19.7 Å². The van der Waals surface area contributed by atoms with E-state index in [0.717, 1.165) is 12.1 Å². The van der Waals surface area contributed by atoms with Crippen molar-refractivity contribution in [3.8, 4) is 11.6 Å². The zero-order valence-electron chi connectivity index (χ0n) is 22.2. The average molecular weight is 607 g/mol. The van der Waals surface area contributed by atoms with Gasteiger partial charge in [0.2, 0.25) is 5.88 Å². The number of likely N-dealkylation sites (N-methyl/N-ethyl adjacent to an activating group) is 1. The fourth-order valence-corrected chi connectivity index (χ4v) is 4.11. The molecule has 3 aromatic rings. The molecule has 0 spiro atoms. The maximum atomic E-state index is 14.0. The standard InChI is InChI=1S/C27H29BrF2N4O5/c1-6-38-22(26(36)33(4)5)13-31-24(35)17-8-7-15(2)21(11-17)34-16(3)32-25(23(28)27(34)37)39-14-18-9-10-19(29)12-20(18)30/h7-12,22H,6,13-14H2,1-5H3,(H,31,35). The summed E-state index contributed by atoms with van der Waals surface area (Å²) in [6.45, 7) is 5.13. The minimum Gasteiger partial charge on any atom is -0.472 e. The summed E-state index contributed by atoms with van der Waals surface area (Å²) < 4.78 is 39.5. The lowest BCUT2D eigenvalue weighted by atomic mass is 10.1. The molecule has 2 amide bonds. The third kappa shape index (κ3) is 7.07. The lowest BCUT2D eigenvalue weighted by Crippen LogP contribution is -2.43. The van der Waals surface area contributed by atoms with Crippen LogP contribution in [0.1, 0.15) is 34.2 Å². The highest BCUT2D eigenvalue weighted by molar-refractivity contribution is 9.10. The van der Waals surface area contributed by atoms with Crippen molar-refractivity contribution >= 4 is 27.7 Å². The van der Waals surface area contributed by atoms with Crippen molar-refractivity contribution in [3.63, 3.8) is 0 Å². The van der Waals surface area contributed by atoms with Crippen LogP contribution in [0.15, 0.2) is 45.7 Å². The number of carbonyl (C=O) groups is 2. The number of nitrogens with one attached hydrogen (secondary N) is 1. The van der Waals surface area contributed by atoms with Crippen LogP contribution in [0.5, 0.6) is 5.88 Å². The Morgan fingerprint density at radius 1 is 1.15 bits per heavy atom. The molecule has 0 fully saturated rings. The van der Waals surface area contributed by atoms with Crippen molar-refractivity contribution < 1.29 is 27.8 Å². The van der Waals surface area contributed by atoms with E-state index in [0.29, 0.717) is 17.9 Å². The van der Waals surface area contributed by atoms with E-state index in [1.165, 1.54) is 15.5 Å². The van der Waals surface area contributed by atoms with Gasteiger partial charge in [-0.25, -0.2) is 8.78 Å². The Balaban J connectivity index is 1.86. The highest BCUT2D eigenvalue weighted by Crippen LogP contribution is 2.24. The summed E-state index contributed by atoms with van der Waals surface area (Å²) in [5.74, 6) is -2.02. The van der Waals surface area contributed by atoms with Crippen LogP contribution in [-0.2, 0) is 16.1 Å². The smallest absolute Gasteiger partial charge is 0.276 e. The summed E-state index contributed by atoms with van der Waals surface area (Å²) in [6.07, 6.45) is -0.834. The van der Waals surface area contributed by atoms with Gasteiger partial charge in [0, 0.05) is 37.9 Å². The third-order valence-electron chi connectivity index (χ3n) is 5.79. The van der Waals surface area contributed by atoms with Gasteiger partial charge in [-0.3, -0.25) is 19.0 Å². The summed E-state index contributed by atoms with van der Waals surface area (Å²) in [7, 11) is 3.21. The van der Waals surface area contributed by atoms with E-state index in [1.807, 2.05) is 0 Å². The molecule has 208 valence electrons. The topological polar surface area (TPSA) is 103 Å². The Morgan fingerprint density at radius 2 is 1.87 bits per heavy atom. The first-order valence-corrected chi connectivity index (χ1v) is 12.8. The van der Waals surface area contributed by atoms with Crippen LogP contribution in [0.25, 0.3) is 5.69 Å². The number of halogens is 3. The lowest BCUT2D eigenvalue weighted by Gasteiger charge is -2.21. The number of amides is 2. The van der Waals surface area contributed by atoms with Crippen molar-refractivity contribution in [1.29, 1.82) is 0 Å². The third-order valence-corrected chi connectivity index (χ3v) is 6.47. The van der Waals surface area contributed by atoms with E-state index in [1.54, 1.807) is 53.1 Å². The fraction of sp³-hybridized carbons (Fsp3) is 0.333. The van der Waals surface area contributed by atoms with Crippen molar-refractivity contribution in [3.05, 3.63) is 85.4 Å². The monoisotopic (exact) mass is 606 g/mol. The molecule has 1 unspecified atom stereocenters. The highest BCUT2D eigenvalue weighted by Gasteiger charge is 2.22. The molecule has 1 N–H and O–H groups in total. The van der Waals surface area contributed by atoms with Crippen LogP contribution in [0.2, 0.25) is 0 Å². The summed E-state index contributed by atoms with van der Waals surface area (Å²) >= 11 is 3.22. The van der Waals surface area contributed by atoms with Gasteiger partial charge in [0.25, 0.3) is 17.4 Å². The van der Waals surface area contributed by atoms with Gasteiger partial charge in [0.15, 0.2) is 6.10 Å². The number of aromatic nitrogens is 2. The minimum absolute atomic E-state index is 0.00775. The molecule has 0 aliphatic heterocycles. The molecule has 12 heteroatoms. The molecule has 0 saturated carbocycles. The molecular formula is C27H29BrF2N4O5. The molecule has 1 atom stereocenters. The Labute approximate surface area is 232 Å². The Morgan fingerprint density at radius 3 is 2.51 bits per heavy atom. The maximum Gasteiger partial charge on any atom is 0.276 e. The van der Waals surface area contributed by atoms with E-state index in [-0.39, 0.29) is 46.4 Å². The van der Waals surface area contributed by atoms with Gasteiger partial charge in [-0.05, 0) is 66.5 Å². The first-order chi connectivity index (χ1) is 18.4. The molecule has 2 aromatic carbocycles.